The normalized spacial score (nSPS) is 16.3. The Hall–Kier alpha value is -5.91. The number of urea groups is 1. The predicted molar refractivity (Wildman–Crippen MR) is 206 cm³/mol. The molecule has 0 unspecified atom stereocenters. The Morgan fingerprint density at radius 1 is 0.923 bits per heavy atom. The Kier molecular flexibility index (Phi) is 11.0. The highest BCUT2D eigenvalue weighted by Gasteiger charge is 2.33. The van der Waals surface area contributed by atoms with Gasteiger partial charge in [0.2, 0.25) is 0 Å². The first-order valence-corrected chi connectivity index (χ1v) is 17.3. The lowest BCUT2D eigenvalue weighted by molar-refractivity contribution is 0.0341. The average Bonchev–Trinajstić information content (AvgIpc) is 3.14. The second-order valence-corrected chi connectivity index (χ2v) is 13.4. The van der Waals surface area contributed by atoms with Gasteiger partial charge in [0.1, 0.15) is 11.9 Å². The van der Waals surface area contributed by atoms with E-state index in [2.05, 4.69) is 20.9 Å². The highest BCUT2D eigenvalue weighted by atomic mass is 16.5. The number of benzene rings is 5. The van der Waals surface area contributed by atoms with Crippen molar-refractivity contribution in [2.75, 3.05) is 48.4 Å². The SMILES string of the molecule is C[C@@H]1CN([C@@H](C)CO)C(=O)c2cc(NC(=O)Nc3cccc4ccccc34)ccc2O[C@H]1CN(C)Cc1ccc(C(=O)Nc2ccccc2N)cc1. The molecule has 5 aromatic rings. The minimum atomic E-state index is -0.446. The molecular weight excluding hydrogens is 656 g/mol. The summed E-state index contributed by atoms with van der Waals surface area (Å²) in [6.07, 6.45) is -0.305. The van der Waals surface area contributed by atoms with Gasteiger partial charge in [0.05, 0.1) is 35.3 Å². The van der Waals surface area contributed by atoms with Crippen LogP contribution in [-0.4, -0.2) is 71.6 Å². The summed E-state index contributed by atoms with van der Waals surface area (Å²) in [5.74, 6) is -0.200. The Labute approximate surface area is 303 Å². The van der Waals surface area contributed by atoms with E-state index in [0.717, 1.165) is 16.3 Å². The summed E-state index contributed by atoms with van der Waals surface area (Å²) < 4.78 is 6.57. The van der Waals surface area contributed by atoms with Crippen LogP contribution in [0.25, 0.3) is 10.8 Å². The Bertz CT molecular complexity index is 2060. The molecule has 0 saturated carbocycles. The van der Waals surface area contributed by atoms with Gasteiger partial charge in [-0.25, -0.2) is 4.79 Å². The molecule has 11 nitrogen and oxygen atoms in total. The molecule has 1 heterocycles. The van der Waals surface area contributed by atoms with Crippen molar-refractivity contribution in [3.8, 4) is 5.75 Å². The Morgan fingerprint density at radius 2 is 1.63 bits per heavy atom. The zero-order valence-corrected chi connectivity index (χ0v) is 29.5. The van der Waals surface area contributed by atoms with Gasteiger partial charge in [0.15, 0.2) is 0 Å². The number of fused-ring (bicyclic) bond motifs is 2. The van der Waals surface area contributed by atoms with Crippen molar-refractivity contribution < 1.29 is 24.2 Å². The predicted octanol–water partition coefficient (Wildman–Crippen LogP) is 6.67. The van der Waals surface area contributed by atoms with E-state index < -0.39 is 12.1 Å². The third kappa shape index (κ3) is 8.34. The number of hydrogen-bond acceptors (Lipinski definition) is 7. The molecule has 0 aliphatic carbocycles. The van der Waals surface area contributed by atoms with Crippen molar-refractivity contribution >= 4 is 51.4 Å². The maximum absolute atomic E-state index is 13.9. The fourth-order valence-corrected chi connectivity index (χ4v) is 6.39. The number of nitrogens with two attached hydrogens (primary N) is 1. The van der Waals surface area contributed by atoms with Gasteiger partial charge in [0.25, 0.3) is 11.8 Å². The lowest BCUT2D eigenvalue weighted by atomic mass is 9.99. The standard InChI is InChI=1S/C41H44N6O5/c1-26-22-47(27(2)25-48)40(50)33-21-31(43-41(51)45-35-14-8-10-29-9-4-5-11-32(29)35)19-20-37(33)52-38(26)24-46(3)23-28-15-17-30(18-16-28)39(49)44-36-13-7-6-12-34(36)42/h4-21,26-27,38,48H,22-25,42H2,1-3H3,(H,44,49)(H2,43,45,51)/t26-,27+,38+/m1/s1. The molecule has 11 heteroatoms. The van der Waals surface area contributed by atoms with Crippen LogP contribution in [-0.2, 0) is 6.54 Å². The molecule has 4 amide bonds. The third-order valence-corrected chi connectivity index (χ3v) is 9.33. The first kappa shape index (κ1) is 35.9. The van der Waals surface area contributed by atoms with Gasteiger partial charge in [-0.05, 0) is 73.5 Å². The fourth-order valence-electron chi connectivity index (χ4n) is 6.39. The average molecular weight is 701 g/mol. The number of nitrogen functional groups attached to an aromatic ring is 1. The molecule has 0 spiro atoms. The lowest BCUT2D eigenvalue weighted by Crippen LogP contribution is -2.49. The molecule has 0 saturated heterocycles. The molecule has 0 aromatic heterocycles. The number of ether oxygens (including phenoxy) is 1. The number of anilines is 4. The smallest absolute Gasteiger partial charge is 0.323 e. The highest BCUT2D eigenvalue weighted by Crippen LogP contribution is 2.31. The zero-order valence-electron chi connectivity index (χ0n) is 29.5. The number of nitrogens with one attached hydrogen (secondary N) is 3. The summed E-state index contributed by atoms with van der Waals surface area (Å²) in [6, 6.07) is 32.2. The van der Waals surface area contributed by atoms with E-state index in [0.29, 0.717) is 59.3 Å². The van der Waals surface area contributed by atoms with Crippen LogP contribution in [0.1, 0.15) is 40.1 Å². The quantitative estimate of drug-likeness (QED) is 0.102. The molecule has 6 N–H and O–H groups in total. The van der Waals surface area contributed by atoms with E-state index >= 15 is 0 Å². The molecular formula is C41H44N6O5. The van der Waals surface area contributed by atoms with E-state index in [1.165, 1.54) is 0 Å². The number of nitrogens with zero attached hydrogens (tertiary/aromatic N) is 2. The summed E-state index contributed by atoms with van der Waals surface area (Å²) in [5.41, 5.74) is 9.97. The molecule has 0 fully saturated rings. The van der Waals surface area contributed by atoms with E-state index in [1.54, 1.807) is 47.4 Å². The maximum Gasteiger partial charge on any atom is 0.323 e. The first-order valence-electron chi connectivity index (χ1n) is 17.3. The van der Waals surface area contributed by atoms with E-state index in [1.807, 2.05) is 87.6 Å². The maximum atomic E-state index is 13.9. The number of carbonyl (C=O) groups excluding carboxylic acids is 3. The molecule has 5 aromatic carbocycles. The highest BCUT2D eigenvalue weighted by molar-refractivity contribution is 6.07. The molecule has 268 valence electrons. The minimum absolute atomic E-state index is 0.0747. The molecule has 6 rings (SSSR count). The largest absolute Gasteiger partial charge is 0.488 e. The summed E-state index contributed by atoms with van der Waals surface area (Å²) in [5, 5.41) is 20.6. The molecule has 52 heavy (non-hydrogen) atoms. The number of aliphatic hydroxyl groups excluding tert-OH is 1. The van der Waals surface area contributed by atoms with Crippen LogP contribution < -0.4 is 26.4 Å². The third-order valence-electron chi connectivity index (χ3n) is 9.33. The molecule has 0 bridgehead atoms. The van der Waals surface area contributed by atoms with E-state index in [-0.39, 0.29) is 30.4 Å². The van der Waals surface area contributed by atoms with E-state index in [9.17, 15) is 19.5 Å². The van der Waals surface area contributed by atoms with E-state index in [4.69, 9.17) is 10.5 Å². The molecule has 1 aliphatic rings. The van der Waals surface area contributed by atoms with Crippen LogP contribution in [0.2, 0.25) is 0 Å². The second kappa shape index (κ2) is 16.0. The Morgan fingerprint density at radius 3 is 2.40 bits per heavy atom. The van der Waals surface area contributed by atoms with Crippen molar-refractivity contribution in [3.63, 3.8) is 0 Å². The number of likely N-dealkylation sites (N-methyl/N-ethyl adjacent to an activating group) is 1. The second-order valence-electron chi connectivity index (χ2n) is 13.4. The van der Waals surface area contributed by atoms with Gasteiger partial charge in [-0.1, -0.05) is 67.6 Å². The zero-order chi connectivity index (χ0) is 36.8. The molecule has 3 atom stereocenters. The van der Waals surface area contributed by atoms with Crippen molar-refractivity contribution in [2.45, 2.75) is 32.5 Å². The Balaban J connectivity index is 1.15. The van der Waals surface area contributed by atoms with Crippen LogP contribution in [0.15, 0.2) is 109 Å². The summed E-state index contributed by atoms with van der Waals surface area (Å²) in [4.78, 5) is 43.7. The summed E-state index contributed by atoms with van der Waals surface area (Å²) in [6.45, 7) is 5.15. The van der Waals surface area contributed by atoms with Crippen LogP contribution in [0.5, 0.6) is 5.75 Å². The number of para-hydroxylation sites is 2. The fraction of sp³-hybridized carbons (Fsp3) is 0.244. The van der Waals surface area contributed by atoms with Gasteiger partial charge in [-0.3, -0.25) is 14.5 Å². The monoisotopic (exact) mass is 700 g/mol. The number of carbonyl (C=O) groups is 3. The molecule has 0 radical (unpaired) electrons. The number of rotatable bonds is 10. The number of aliphatic hydroxyl groups is 1. The van der Waals surface area contributed by atoms with Gasteiger partial charge in [-0.2, -0.15) is 0 Å². The van der Waals surface area contributed by atoms with Crippen LogP contribution in [0.4, 0.5) is 27.5 Å². The number of amides is 4. The molecule has 1 aliphatic heterocycles. The van der Waals surface area contributed by atoms with Gasteiger partial charge < -0.3 is 36.4 Å². The van der Waals surface area contributed by atoms with Crippen molar-refractivity contribution in [1.29, 1.82) is 0 Å². The van der Waals surface area contributed by atoms with Gasteiger partial charge in [0, 0.05) is 42.2 Å². The van der Waals surface area contributed by atoms with Crippen LogP contribution >= 0.6 is 0 Å². The van der Waals surface area contributed by atoms with Crippen LogP contribution in [0, 0.1) is 5.92 Å². The summed E-state index contributed by atoms with van der Waals surface area (Å²) >= 11 is 0. The summed E-state index contributed by atoms with van der Waals surface area (Å²) in [7, 11) is 2.00. The van der Waals surface area contributed by atoms with Crippen molar-refractivity contribution in [3.05, 3.63) is 126 Å². The van der Waals surface area contributed by atoms with Gasteiger partial charge in [-0.15, -0.1) is 0 Å². The topological polar surface area (TPSA) is 149 Å². The lowest BCUT2D eigenvalue weighted by Gasteiger charge is -2.38. The minimum Gasteiger partial charge on any atom is -0.488 e. The van der Waals surface area contributed by atoms with Crippen molar-refractivity contribution in [1.82, 2.24) is 9.80 Å². The van der Waals surface area contributed by atoms with Crippen molar-refractivity contribution in [2.24, 2.45) is 5.92 Å². The first-order chi connectivity index (χ1) is 25.1. The van der Waals surface area contributed by atoms with Crippen LogP contribution in [0.3, 0.4) is 0 Å². The number of hydrogen-bond donors (Lipinski definition) is 5. The van der Waals surface area contributed by atoms with Gasteiger partial charge >= 0.3 is 6.03 Å².